The van der Waals surface area contributed by atoms with E-state index in [-0.39, 0.29) is 48.9 Å². The molecule has 0 spiro atoms. The van der Waals surface area contributed by atoms with Gasteiger partial charge >= 0.3 is 11.9 Å². The molecule has 43 heavy (non-hydrogen) atoms. The molecule has 0 atom stereocenters. The topological polar surface area (TPSA) is 190 Å². The van der Waals surface area contributed by atoms with Gasteiger partial charge in [0, 0.05) is 42.3 Å². The van der Waals surface area contributed by atoms with Gasteiger partial charge in [0.25, 0.3) is 5.91 Å². The molecule has 0 saturated carbocycles. The number of carbonyl (C=O) groups excluding carboxylic acids is 3. The van der Waals surface area contributed by atoms with Gasteiger partial charge in [-0.05, 0) is 42.0 Å². The van der Waals surface area contributed by atoms with Crippen molar-refractivity contribution in [2.24, 2.45) is 4.99 Å². The molecule has 12 heteroatoms. The van der Waals surface area contributed by atoms with Crippen LogP contribution in [0.25, 0.3) is 0 Å². The van der Waals surface area contributed by atoms with Crippen LogP contribution in [0.3, 0.4) is 0 Å². The number of nitrogen functional groups attached to an aromatic ring is 1. The minimum absolute atomic E-state index is 0. The summed E-state index contributed by atoms with van der Waals surface area (Å²) in [6.45, 7) is 0. The number of aromatic carboxylic acids is 2. The second-order valence-corrected chi connectivity index (χ2v) is 8.44. The summed E-state index contributed by atoms with van der Waals surface area (Å²) in [4.78, 5) is 66.5. The van der Waals surface area contributed by atoms with Gasteiger partial charge in [-0.1, -0.05) is 56.0 Å². The van der Waals surface area contributed by atoms with Crippen molar-refractivity contribution in [2.45, 2.75) is 20.3 Å². The quantitative estimate of drug-likeness (QED) is 0.106. The van der Waals surface area contributed by atoms with Crippen molar-refractivity contribution >= 4 is 52.5 Å². The number of hydrogen-bond donors (Lipinski definition) is 3. The number of carboxylic acids is 2. The normalized spacial score (nSPS) is 9.21. The Morgan fingerprint density at radius 2 is 1.26 bits per heavy atom. The molecule has 4 rings (SSSR count). The van der Waals surface area contributed by atoms with E-state index in [1.54, 1.807) is 54.6 Å². The number of aromatic nitrogens is 2. The number of nitrogens with zero attached hydrogens (tertiary/aromatic N) is 3. The smallest absolute Gasteiger partial charge is 0.337 e. The minimum Gasteiger partial charge on any atom is -0.478 e. The van der Waals surface area contributed by atoms with Crippen molar-refractivity contribution in [1.82, 2.24) is 9.97 Å². The lowest BCUT2D eigenvalue weighted by Gasteiger charge is -2.02. The number of amides is 1. The molecule has 2 aromatic carbocycles. The standard InChI is InChI=1S/C16H13NO4.C8H5NOS.C6H6N2O2.CH4/c18-14(8-15(19)12-4-2-1-3-5-12)7-11-6-13(16(20)21)10-17-9-11;10-8(9-6-11)7-4-2-1-3-5-7;7-5-1-4(6(9)10)2-8-3-5;/h1-6,9-10H,7-8H2,(H,20,21);1-5H;1-3H,7H2,(H,9,10);1H4. The summed E-state index contributed by atoms with van der Waals surface area (Å²) in [5.74, 6) is -2.98. The van der Waals surface area contributed by atoms with E-state index in [1.165, 1.54) is 36.9 Å². The zero-order chi connectivity index (χ0) is 30.9. The van der Waals surface area contributed by atoms with E-state index in [9.17, 15) is 24.0 Å². The fraction of sp³-hybridized carbons (Fsp3) is 0.0968. The third kappa shape index (κ3) is 13.0. The molecule has 0 aliphatic carbocycles. The monoisotopic (exact) mass is 600 g/mol. The Bertz CT molecular complexity index is 1610. The third-order valence-electron chi connectivity index (χ3n) is 5.07. The van der Waals surface area contributed by atoms with E-state index < -0.39 is 11.9 Å². The molecular formula is C31H28N4O7S. The first-order chi connectivity index (χ1) is 20.1. The maximum absolute atomic E-state index is 11.9. The van der Waals surface area contributed by atoms with Crippen LogP contribution in [0.2, 0.25) is 0 Å². The number of pyridine rings is 2. The van der Waals surface area contributed by atoms with Crippen molar-refractivity contribution < 1.29 is 34.2 Å². The van der Waals surface area contributed by atoms with Crippen LogP contribution in [-0.4, -0.2) is 54.8 Å². The van der Waals surface area contributed by atoms with Crippen molar-refractivity contribution in [2.75, 3.05) is 5.73 Å². The van der Waals surface area contributed by atoms with Crippen LogP contribution in [-0.2, 0) is 11.2 Å². The number of thiocarbonyl (C=S) groups is 1. The van der Waals surface area contributed by atoms with E-state index in [4.69, 9.17) is 15.9 Å². The van der Waals surface area contributed by atoms with E-state index in [2.05, 4.69) is 27.2 Å². The number of ketones is 2. The Morgan fingerprint density at radius 3 is 1.74 bits per heavy atom. The summed E-state index contributed by atoms with van der Waals surface area (Å²) < 4.78 is 0. The number of benzene rings is 2. The number of isothiocyanates is 1. The lowest BCUT2D eigenvalue weighted by Crippen LogP contribution is -2.11. The van der Waals surface area contributed by atoms with Gasteiger partial charge in [0.2, 0.25) is 0 Å². The predicted octanol–water partition coefficient (Wildman–Crippen LogP) is 5.09. The lowest BCUT2D eigenvalue weighted by atomic mass is 10.0. The summed E-state index contributed by atoms with van der Waals surface area (Å²) in [7, 11) is 0. The largest absolute Gasteiger partial charge is 0.478 e. The van der Waals surface area contributed by atoms with E-state index in [1.807, 2.05) is 11.2 Å². The number of hydrogen-bond acceptors (Lipinski definition) is 9. The van der Waals surface area contributed by atoms with Crippen LogP contribution in [0.4, 0.5) is 5.69 Å². The molecule has 0 unspecified atom stereocenters. The van der Waals surface area contributed by atoms with Crippen LogP contribution in [0.15, 0.2) is 103 Å². The van der Waals surface area contributed by atoms with Crippen molar-refractivity contribution in [1.29, 1.82) is 0 Å². The van der Waals surface area contributed by atoms with E-state index >= 15 is 0 Å². The van der Waals surface area contributed by atoms with Gasteiger partial charge < -0.3 is 15.9 Å². The fourth-order valence-electron chi connectivity index (χ4n) is 3.16. The molecule has 2 heterocycles. The Morgan fingerprint density at radius 1 is 0.744 bits per heavy atom. The number of carboxylic acid groups (broad SMARTS) is 2. The van der Waals surface area contributed by atoms with Gasteiger partial charge in [0.1, 0.15) is 5.78 Å². The number of aliphatic imine (C=N–C) groups is 1. The van der Waals surface area contributed by atoms with E-state index in [0.717, 1.165) is 0 Å². The van der Waals surface area contributed by atoms with Gasteiger partial charge in [0.15, 0.2) is 5.78 Å². The maximum atomic E-state index is 11.9. The zero-order valence-electron chi connectivity index (χ0n) is 21.9. The molecule has 1 amide bonds. The van der Waals surface area contributed by atoms with Crippen LogP contribution in [0.5, 0.6) is 0 Å². The van der Waals surface area contributed by atoms with Gasteiger partial charge in [-0.25, -0.2) is 9.59 Å². The molecule has 0 aliphatic rings. The number of anilines is 1. The van der Waals surface area contributed by atoms with Crippen LogP contribution in [0, 0.1) is 0 Å². The molecule has 4 aromatic rings. The van der Waals surface area contributed by atoms with Gasteiger partial charge in [-0.3, -0.25) is 24.4 Å². The highest BCUT2D eigenvalue weighted by Gasteiger charge is 2.13. The minimum atomic E-state index is -1.10. The average molecular weight is 601 g/mol. The van der Waals surface area contributed by atoms with Crippen LogP contribution in [0.1, 0.15) is 60.8 Å². The molecule has 220 valence electrons. The first kappa shape index (κ1) is 35.3. The summed E-state index contributed by atoms with van der Waals surface area (Å²) in [6, 6.07) is 20.0. The summed E-state index contributed by atoms with van der Waals surface area (Å²) in [6.07, 6.45) is 5.07. The number of Topliss-reactive ketones (excluding diaryl/α,β-unsaturated/α-hetero) is 2. The average Bonchev–Trinajstić information content (AvgIpc) is 2.99. The third-order valence-corrected chi connectivity index (χ3v) is 5.16. The predicted molar refractivity (Wildman–Crippen MR) is 163 cm³/mol. The van der Waals surface area contributed by atoms with Crippen molar-refractivity contribution in [3.63, 3.8) is 0 Å². The Labute approximate surface area is 252 Å². The second-order valence-electron chi connectivity index (χ2n) is 8.25. The summed E-state index contributed by atoms with van der Waals surface area (Å²) >= 11 is 4.29. The molecule has 0 radical (unpaired) electrons. The molecule has 0 bridgehead atoms. The molecule has 11 nitrogen and oxygen atoms in total. The summed E-state index contributed by atoms with van der Waals surface area (Å²) in [5.41, 5.74) is 7.27. The number of carbonyl (C=O) groups is 5. The van der Waals surface area contributed by atoms with Crippen LogP contribution >= 0.6 is 12.2 Å². The molecule has 2 aromatic heterocycles. The number of nitrogens with two attached hydrogens (primary N) is 1. The first-order valence-electron chi connectivity index (χ1n) is 12.0. The summed E-state index contributed by atoms with van der Waals surface area (Å²) in [5, 5.41) is 19.3. The molecular weight excluding hydrogens is 572 g/mol. The van der Waals surface area contributed by atoms with Gasteiger partial charge in [0.05, 0.1) is 28.4 Å². The SMILES string of the molecule is C.Nc1cncc(C(=O)O)c1.O=C(CC(=O)c1ccccc1)Cc1cncc(C(=O)O)c1.O=C(N=C=S)c1ccccc1. The molecule has 4 N–H and O–H groups in total. The molecule has 0 aliphatic heterocycles. The molecule has 0 fully saturated rings. The van der Waals surface area contributed by atoms with E-state index in [0.29, 0.717) is 22.4 Å². The Kier molecular flexibility index (Phi) is 15.3. The Hall–Kier alpha value is -5.71. The zero-order valence-corrected chi connectivity index (χ0v) is 22.7. The Balaban J connectivity index is 0.000000354. The lowest BCUT2D eigenvalue weighted by molar-refractivity contribution is -0.117. The van der Waals surface area contributed by atoms with Gasteiger partial charge in [-0.15, -0.1) is 0 Å². The fourth-order valence-corrected chi connectivity index (χ4v) is 3.24. The van der Waals surface area contributed by atoms with Gasteiger partial charge in [-0.2, -0.15) is 4.99 Å². The second kappa shape index (κ2) is 18.6. The molecule has 0 saturated heterocycles. The van der Waals surface area contributed by atoms with Crippen LogP contribution < -0.4 is 5.73 Å². The highest BCUT2D eigenvalue weighted by atomic mass is 32.1. The number of rotatable bonds is 8. The maximum Gasteiger partial charge on any atom is 0.337 e. The first-order valence-corrected chi connectivity index (χ1v) is 12.4. The van der Waals surface area contributed by atoms with Crippen molar-refractivity contribution in [3.8, 4) is 0 Å². The van der Waals surface area contributed by atoms with Crippen molar-refractivity contribution in [3.05, 3.63) is 125 Å². The highest BCUT2D eigenvalue weighted by molar-refractivity contribution is 7.78. The highest BCUT2D eigenvalue weighted by Crippen LogP contribution is 2.09.